The molecule has 3 atom stereocenters. The summed E-state index contributed by atoms with van der Waals surface area (Å²) < 4.78 is 41.4. The zero-order valence-corrected chi connectivity index (χ0v) is 7.34. The zero-order chi connectivity index (χ0) is 11.1. The molecule has 80 valence electrons. The van der Waals surface area contributed by atoms with Gasteiger partial charge in [-0.25, -0.2) is 4.39 Å². The van der Waals surface area contributed by atoms with Gasteiger partial charge in [-0.05, 0) is 12.5 Å². The Hall–Kier alpha value is -0.880. The molecule has 1 aliphatic heterocycles. The Morgan fingerprint density at radius 3 is 2.43 bits per heavy atom. The largest absolute Gasteiger partial charge is 0.382 e. The second-order valence-corrected chi connectivity index (χ2v) is 3.14. The number of ether oxygens (including phenoxy) is 1. The monoisotopic (exact) mass is 210 g/mol. The van der Waals surface area contributed by atoms with Gasteiger partial charge in [-0.2, -0.15) is 8.78 Å². The van der Waals surface area contributed by atoms with E-state index < -0.39 is 30.3 Å². The van der Waals surface area contributed by atoms with E-state index in [0.717, 1.165) is 0 Å². The molecule has 6 heteroatoms. The van der Waals surface area contributed by atoms with Gasteiger partial charge in [0.25, 0.3) is 6.36 Å². The van der Waals surface area contributed by atoms with Crippen molar-refractivity contribution >= 4 is 5.78 Å². The van der Waals surface area contributed by atoms with Crippen molar-refractivity contribution in [2.45, 2.75) is 31.4 Å². The molecule has 0 amide bonds. The van der Waals surface area contributed by atoms with Crippen molar-refractivity contribution in [3.63, 3.8) is 0 Å². The predicted molar refractivity (Wildman–Crippen MR) is 40.5 cm³/mol. The summed E-state index contributed by atoms with van der Waals surface area (Å²) in [5.41, 5.74) is -0.0841. The molecular weight excluding hydrogens is 201 g/mol. The topological polar surface area (TPSA) is 46.5 Å². The molecule has 0 spiro atoms. The number of carbonyl (C=O) groups is 1. The first-order valence-electron chi connectivity index (χ1n) is 3.83. The molecule has 3 unspecified atom stereocenters. The van der Waals surface area contributed by atoms with Gasteiger partial charge in [-0.3, -0.25) is 4.79 Å². The minimum Gasteiger partial charge on any atom is -0.382 e. The first-order chi connectivity index (χ1) is 6.28. The molecule has 1 rings (SSSR count). The summed E-state index contributed by atoms with van der Waals surface area (Å²) in [6.45, 7) is 4.44. The Morgan fingerprint density at radius 1 is 1.64 bits per heavy atom. The molecule has 0 saturated carbocycles. The van der Waals surface area contributed by atoms with Gasteiger partial charge in [0, 0.05) is 0 Å². The SMILES string of the molecule is C=C(C)C(=O)C(O)C1OC(F)C1(F)F. The third kappa shape index (κ3) is 1.55. The first kappa shape index (κ1) is 11.2. The third-order valence-electron chi connectivity index (χ3n) is 1.92. The standard InChI is InChI=1S/C8H9F3O3/c1-3(2)4(12)5(13)6-8(10,11)7(9)14-6/h5-7,13H,1H2,2H3. The Bertz CT molecular complexity index is 277. The molecule has 1 aliphatic rings. The fourth-order valence-corrected chi connectivity index (χ4v) is 1.04. The smallest absolute Gasteiger partial charge is 0.331 e. The van der Waals surface area contributed by atoms with Crippen LogP contribution < -0.4 is 0 Å². The number of halogens is 3. The molecular formula is C8H9F3O3. The number of alkyl halides is 3. The van der Waals surface area contributed by atoms with Crippen LogP contribution in [0.3, 0.4) is 0 Å². The highest BCUT2D eigenvalue weighted by molar-refractivity contribution is 5.98. The van der Waals surface area contributed by atoms with Crippen LogP contribution in [-0.2, 0) is 9.53 Å². The minimum atomic E-state index is -3.81. The van der Waals surface area contributed by atoms with E-state index in [0.29, 0.717) is 0 Å². The molecule has 0 bridgehead atoms. The average Bonchev–Trinajstić information content (AvgIpc) is 2.11. The number of rotatable bonds is 3. The molecule has 0 radical (unpaired) electrons. The maximum absolute atomic E-state index is 12.6. The molecule has 1 N–H and O–H groups in total. The summed E-state index contributed by atoms with van der Waals surface area (Å²) in [5, 5.41) is 9.08. The number of aliphatic hydroxyl groups is 1. The minimum absolute atomic E-state index is 0.0841. The van der Waals surface area contributed by atoms with Crippen LogP contribution in [0.15, 0.2) is 12.2 Å². The third-order valence-corrected chi connectivity index (χ3v) is 1.92. The van der Waals surface area contributed by atoms with Crippen molar-refractivity contribution in [1.82, 2.24) is 0 Å². The van der Waals surface area contributed by atoms with E-state index in [9.17, 15) is 18.0 Å². The predicted octanol–water partition coefficient (Wildman–Crippen LogP) is 0.822. The van der Waals surface area contributed by atoms with Gasteiger partial charge >= 0.3 is 5.92 Å². The molecule has 1 fully saturated rings. The summed E-state index contributed by atoms with van der Waals surface area (Å²) in [6, 6.07) is 0. The maximum Gasteiger partial charge on any atom is 0.331 e. The Kier molecular flexibility index (Phi) is 2.69. The highest BCUT2D eigenvalue weighted by atomic mass is 19.3. The zero-order valence-electron chi connectivity index (χ0n) is 7.34. The lowest BCUT2D eigenvalue weighted by molar-refractivity contribution is -0.371. The molecule has 0 aromatic carbocycles. The highest BCUT2D eigenvalue weighted by Crippen LogP contribution is 2.41. The van der Waals surface area contributed by atoms with Crippen molar-refractivity contribution < 1.29 is 27.8 Å². The quantitative estimate of drug-likeness (QED) is 0.701. The normalized spacial score (nSPS) is 31.8. The molecule has 0 aromatic heterocycles. The van der Waals surface area contributed by atoms with Gasteiger partial charge in [0.1, 0.15) is 6.10 Å². The van der Waals surface area contributed by atoms with Crippen LogP contribution in [-0.4, -0.2) is 35.4 Å². The van der Waals surface area contributed by atoms with Crippen molar-refractivity contribution in [3.05, 3.63) is 12.2 Å². The summed E-state index contributed by atoms with van der Waals surface area (Å²) >= 11 is 0. The van der Waals surface area contributed by atoms with Gasteiger partial charge in [0.15, 0.2) is 11.9 Å². The van der Waals surface area contributed by atoms with Crippen LogP contribution in [0, 0.1) is 0 Å². The lowest BCUT2D eigenvalue weighted by Crippen LogP contribution is -2.64. The molecule has 1 heterocycles. The number of ketones is 1. The Labute approximate surface area is 78.2 Å². The van der Waals surface area contributed by atoms with E-state index in [4.69, 9.17) is 5.11 Å². The van der Waals surface area contributed by atoms with Crippen LogP contribution in [0.2, 0.25) is 0 Å². The molecule has 14 heavy (non-hydrogen) atoms. The Morgan fingerprint density at radius 2 is 2.14 bits per heavy atom. The van der Waals surface area contributed by atoms with Crippen LogP contribution >= 0.6 is 0 Å². The maximum atomic E-state index is 12.6. The molecule has 3 nitrogen and oxygen atoms in total. The van der Waals surface area contributed by atoms with Gasteiger partial charge in [-0.15, -0.1) is 0 Å². The number of hydrogen-bond acceptors (Lipinski definition) is 3. The van der Waals surface area contributed by atoms with E-state index in [-0.39, 0.29) is 5.57 Å². The lowest BCUT2D eigenvalue weighted by Gasteiger charge is -2.41. The summed E-state index contributed by atoms with van der Waals surface area (Å²) in [6.07, 6.45) is -6.92. The molecule has 1 saturated heterocycles. The fraction of sp³-hybridized carbons (Fsp3) is 0.625. The van der Waals surface area contributed by atoms with E-state index in [2.05, 4.69) is 11.3 Å². The number of carbonyl (C=O) groups excluding carboxylic acids is 1. The first-order valence-corrected chi connectivity index (χ1v) is 3.83. The fourth-order valence-electron chi connectivity index (χ4n) is 1.04. The van der Waals surface area contributed by atoms with Gasteiger partial charge in [-0.1, -0.05) is 6.58 Å². The van der Waals surface area contributed by atoms with Crippen LogP contribution in [0.25, 0.3) is 0 Å². The second kappa shape index (κ2) is 3.36. The molecule has 0 aromatic rings. The Balaban J connectivity index is 2.69. The summed E-state index contributed by atoms with van der Waals surface area (Å²) in [4.78, 5) is 11.0. The van der Waals surface area contributed by atoms with Crippen LogP contribution in [0.4, 0.5) is 13.2 Å². The van der Waals surface area contributed by atoms with Crippen molar-refractivity contribution in [3.8, 4) is 0 Å². The number of Topliss-reactive ketones (excluding diaryl/α,β-unsaturated/α-hetero) is 1. The van der Waals surface area contributed by atoms with E-state index in [1.807, 2.05) is 0 Å². The summed E-state index contributed by atoms with van der Waals surface area (Å²) in [7, 11) is 0. The number of aliphatic hydroxyl groups excluding tert-OH is 1. The van der Waals surface area contributed by atoms with Gasteiger partial charge in [0.05, 0.1) is 0 Å². The van der Waals surface area contributed by atoms with E-state index in [1.54, 1.807) is 0 Å². The van der Waals surface area contributed by atoms with Crippen LogP contribution in [0.5, 0.6) is 0 Å². The van der Waals surface area contributed by atoms with Crippen molar-refractivity contribution in [2.24, 2.45) is 0 Å². The summed E-state index contributed by atoms with van der Waals surface area (Å²) in [5.74, 6) is -4.79. The van der Waals surface area contributed by atoms with Crippen LogP contribution in [0.1, 0.15) is 6.92 Å². The van der Waals surface area contributed by atoms with E-state index >= 15 is 0 Å². The van der Waals surface area contributed by atoms with Gasteiger partial charge in [0.2, 0.25) is 0 Å². The van der Waals surface area contributed by atoms with Crippen molar-refractivity contribution in [1.29, 1.82) is 0 Å². The highest BCUT2D eigenvalue weighted by Gasteiger charge is 2.64. The number of hydrogen-bond donors (Lipinski definition) is 1. The van der Waals surface area contributed by atoms with E-state index in [1.165, 1.54) is 6.92 Å². The average molecular weight is 210 g/mol. The lowest BCUT2D eigenvalue weighted by atomic mass is 9.96. The van der Waals surface area contributed by atoms with Gasteiger partial charge < -0.3 is 9.84 Å². The molecule has 0 aliphatic carbocycles. The van der Waals surface area contributed by atoms with Crippen molar-refractivity contribution in [2.75, 3.05) is 0 Å². The second-order valence-electron chi connectivity index (χ2n) is 3.14.